The molecule has 1 rings (SSSR count). The first-order chi connectivity index (χ1) is 10.3. The number of hydrogen-bond donors (Lipinski definition) is 0. The molecule has 0 saturated heterocycles. The van der Waals surface area contributed by atoms with Crippen LogP contribution >= 0.6 is 11.5 Å². The average Bonchev–Trinajstić information content (AvgIpc) is 2.89. The number of urea groups is 1. The van der Waals surface area contributed by atoms with Crippen LogP contribution in [-0.4, -0.2) is 35.3 Å². The number of aromatic nitrogens is 1. The van der Waals surface area contributed by atoms with Crippen molar-refractivity contribution in [1.29, 1.82) is 5.26 Å². The van der Waals surface area contributed by atoms with Gasteiger partial charge in [-0.25, -0.2) is 9.69 Å². The van der Waals surface area contributed by atoms with Gasteiger partial charge in [0, 0.05) is 25.9 Å². The average molecular weight is 322 g/mol. The van der Waals surface area contributed by atoms with Crippen LogP contribution in [0.3, 0.4) is 0 Å². The Morgan fingerprint density at radius 2 is 1.91 bits per heavy atom. The van der Waals surface area contributed by atoms with Gasteiger partial charge in [0.1, 0.15) is 16.6 Å². The van der Waals surface area contributed by atoms with Crippen molar-refractivity contribution >= 4 is 28.5 Å². The summed E-state index contributed by atoms with van der Waals surface area (Å²) in [7, 11) is 3.15. The second kappa shape index (κ2) is 7.36. The molecule has 1 atom stereocenters. The van der Waals surface area contributed by atoms with Crippen LogP contribution in [0.15, 0.2) is 0 Å². The first kappa shape index (κ1) is 18.1. The molecule has 7 heteroatoms. The highest BCUT2D eigenvalue weighted by molar-refractivity contribution is 7.11. The molecular formula is C15H22N4O2S. The minimum absolute atomic E-state index is 0.102. The summed E-state index contributed by atoms with van der Waals surface area (Å²) in [5, 5.41) is 9.79. The minimum atomic E-state index is -0.463. The lowest BCUT2D eigenvalue weighted by Crippen LogP contribution is -2.45. The Bertz CT molecular complexity index is 581. The van der Waals surface area contributed by atoms with Gasteiger partial charge < -0.3 is 4.90 Å². The van der Waals surface area contributed by atoms with E-state index in [1.807, 2.05) is 13.8 Å². The van der Waals surface area contributed by atoms with E-state index in [0.717, 1.165) is 22.9 Å². The summed E-state index contributed by atoms with van der Waals surface area (Å²) in [4.78, 5) is 27.3. The topological polar surface area (TPSA) is 77.3 Å². The molecule has 1 aromatic heterocycles. The van der Waals surface area contributed by atoms with E-state index < -0.39 is 6.03 Å². The van der Waals surface area contributed by atoms with Crippen LogP contribution in [0.4, 0.5) is 9.80 Å². The van der Waals surface area contributed by atoms with E-state index >= 15 is 0 Å². The maximum atomic E-state index is 12.5. The molecule has 0 spiro atoms. The van der Waals surface area contributed by atoms with Crippen LogP contribution in [0.25, 0.3) is 0 Å². The minimum Gasteiger partial charge on any atom is -0.330 e. The predicted molar refractivity (Wildman–Crippen MR) is 86.9 cm³/mol. The highest BCUT2D eigenvalue weighted by Gasteiger charge is 2.32. The third-order valence-electron chi connectivity index (χ3n) is 3.38. The Balaban J connectivity index is 3.44. The number of amides is 3. The van der Waals surface area contributed by atoms with Crippen molar-refractivity contribution in [3.05, 3.63) is 11.3 Å². The van der Waals surface area contributed by atoms with Crippen LogP contribution < -0.4 is 4.90 Å². The zero-order valence-electron chi connectivity index (χ0n) is 13.9. The Morgan fingerprint density at radius 1 is 1.32 bits per heavy atom. The molecular weight excluding hydrogens is 300 g/mol. The summed E-state index contributed by atoms with van der Waals surface area (Å²) in [6.07, 6.45) is 0.831. The van der Waals surface area contributed by atoms with Gasteiger partial charge in [-0.1, -0.05) is 27.7 Å². The van der Waals surface area contributed by atoms with E-state index in [0.29, 0.717) is 16.3 Å². The van der Waals surface area contributed by atoms with Crippen molar-refractivity contribution < 1.29 is 9.59 Å². The van der Waals surface area contributed by atoms with Crippen LogP contribution in [0.5, 0.6) is 0 Å². The van der Waals surface area contributed by atoms with Crippen LogP contribution in [0, 0.1) is 17.2 Å². The molecule has 0 aromatic carbocycles. The Morgan fingerprint density at radius 3 is 2.32 bits per heavy atom. The van der Waals surface area contributed by atoms with Crippen molar-refractivity contribution in [3.8, 4) is 6.07 Å². The summed E-state index contributed by atoms with van der Waals surface area (Å²) in [5.41, 5.74) is 0.974. The summed E-state index contributed by atoms with van der Waals surface area (Å²) >= 11 is 1.03. The molecule has 0 aliphatic carbocycles. The SMILES string of the molecule is CCC(C)c1nsc(N(C(=O)C(C)C)C(=O)N(C)C)c1C#N. The molecule has 0 fully saturated rings. The smallest absolute Gasteiger partial charge is 0.330 e. The molecule has 0 radical (unpaired) electrons. The number of rotatable bonds is 4. The van der Waals surface area contributed by atoms with Crippen molar-refractivity contribution in [2.45, 2.75) is 40.0 Å². The molecule has 0 aliphatic heterocycles. The molecule has 1 aromatic rings. The van der Waals surface area contributed by atoms with E-state index in [9.17, 15) is 14.9 Å². The van der Waals surface area contributed by atoms with Crippen molar-refractivity contribution in [2.24, 2.45) is 5.92 Å². The number of anilines is 1. The fourth-order valence-electron chi connectivity index (χ4n) is 1.82. The Labute approximate surface area is 135 Å². The molecule has 0 bridgehead atoms. The maximum absolute atomic E-state index is 12.5. The van der Waals surface area contributed by atoms with E-state index in [2.05, 4.69) is 10.4 Å². The first-order valence-corrected chi connectivity index (χ1v) is 7.98. The molecule has 120 valence electrons. The zero-order chi connectivity index (χ0) is 17.0. The number of hydrogen-bond acceptors (Lipinski definition) is 5. The summed E-state index contributed by atoms with van der Waals surface area (Å²) < 4.78 is 4.32. The number of carbonyl (C=O) groups is 2. The van der Waals surface area contributed by atoms with E-state index in [4.69, 9.17) is 0 Å². The van der Waals surface area contributed by atoms with E-state index in [1.54, 1.807) is 27.9 Å². The molecule has 0 N–H and O–H groups in total. The van der Waals surface area contributed by atoms with Gasteiger partial charge in [-0.05, 0) is 18.0 Å². The highest BCUT2D eigenvalue weighted by atomic mass is 32.1. The fourth-order valence-corrected chi connectivity index (χ4v) is 2.77. The summed E-state index contributed by atoms with van der Waals surface area (Å²) in [6, 6.07) is 1.65. The van der Waals surface area contributed by atoms with Gasteiger partial charge >= 0.3 is 6.03 Å². The van der Waals surface area contributed by atoms with Gasteiger partial charge in [0.15, 0.2) is 0 Å². The number of nitriles is 1. The predicted octanol–water partition coefficient (Wildman–Crippen LogP) is 3.20. The summed E-state index contributed by atoms with van der Waals surface area (Å²) in [5.74, 6) is -0.593. The molecule has 0 saturated carbocycles. The highest BCUT2D eigenvalue weighted by Crippen LogP contribution is 2.34. The van der Waals surface area contributed by atoms with Crippen LogP contribution in [-0.2, 0) is 4.79 Å². The first-order valence-electron chi connectivity index (χ1n) is 7.21. The number of nitrogens with zero attached hydrogens (tertiary/aromatic N) is 4. The number of carbonyl (C=O) groups excluding carboxylic acids is 2. The van der Waals surface area contributed by atoms with E-state index in [-0.39, 0.29) is 17.7 Å². The standard InChI is InChI=1S/C15H22N4O2S/c1-7-10(4)12-11(8-16)14(22-17-12)19(13(20)9(2)3)15(21)18(5)6/h9-10H,7H2,1-6H3. The van der Waals surface area contributed by atoms with Gasteiger partial charge in [0.05, 0.1) is 5.69 Å². The lowest BCUT2D eigenvalue weighted by Gasteiger charge is -2.24. The van der Waals surface area contributed by atoms with Gasteiger partial charge in [-0.15, -0.1) is 0 Å². The van der Waals surface area contributed by atoms with E-state index in [1.165, 1.54) is 4.90 Å². The maximum Gasteiger partial charge on any atom is 0.331 e. The second-order valence-electron chi connectivity index (χ2n) is 5.67. The second-order valence-corrected chi connectivity index (χ2v) is 6.43. The summed E-state index contributed by atoms with van der Waals surface area (Å²) in [6.45, 7) is 7.43. The van der Waals surface area contributed by atoms with Crippen molar-refractivity contribution in [3.63, 3.8) is 0 Å². The third-order valence-corrected chi connectivity index (χ3v) is 4.23. The van der Waals surface area contributed by atoms with Crippen LogP contribution in [0.1, 0.15) is 51.3 Å². The molecule has 6 nitrogen and oxygen atoms in total. The zero-order valence-corrected chi connectivity index (χ0v) is 14.7. The van der Waals surface area contributed by atoms with Gasteiger partial charge in [0.25, 0.3) is 0 Å². The molecule has 3 amide bonds. The van der Waals surface area contributed by atoms with Crippen LogP contribution in [0.2, 0.25) is 0 Å². The molecule has 1 unspecified atom stereocenters. The quantitative estimate of drug-likeness (QED) is 0.853. The normalized spacial score (nSPS) is 11.9. The lowest BCUT2D eigenvalue weighted by molar-refractivity contribution is -0.120. The molecule has 0 aliphatic rings. The number of imide groups is 1. The third kappa shape index (κ3) is 3.45. The lowest BCUT2D eigenvalue weighted by atomic mass is 10.0. The Hall–Kier alpha value is -1.94. The Kier molecular flexibility index (Phi) is 6.06. The largest absolute Gasteiger partial charge is 0.331 e. The fraction of sp³-hybridized carbons (Fsp3) is 0.600. The molecule has 22 heavy (non-hydrogen) atoms. The van der Waals surface area contributed by atoms with Gasteiger partial charge in [-0.2, -0.15) is 9.64 Å². The van der Waals surface area contributed by atoms with Gasteiger partial charge in [0.2, 0.25) is 5.91 Å². The monoisotopic (exact) mass is 322 g/mol. The van der Waals surface area contributed by atoms with Crippen molar-refractivity contribution in [2.75, 3.05) is 19.0 Å². The van der Waals surface area contributed by atoms with Crippen molar-refractivity contribution in [1.82, 2.24) is 9.27 Å². The van der Waals surface area contributed by atoms with Gasteiger partial charge in [-0.3, -0.25) is 4.79 Å². The molecule has 1 heterocycles.